The van der Waals surface area contributed by atoms with Gasteiger partial charge in [0.15, 0.2) is 11.5 Å². The van der Waals surface area contributed by atoms with Gasteiger partial charge in [-0.15, -0.1) is 0 Å². The van der Waals surface area contributed by atoms with E-state index in [1.54, 1.807) is 23.1 Å². The molecule has 146 valence electrons. The van der Waals surface area contributed by atoms with Crippen molar-refractivity contribution in [2.24, 2.45) is 5.41 Å². The minimum Gasteiger partial charge on any atom is -0.486 e. The Bertz CT molecular complexity index is 877. The number of nitrogens with zero attached hydrogens (tertiary/aromatic N) is 1. The van der Waals surface area contributed by atoms with E-state index in [4.69, 9.17) is 9.47 Å². The normalized spacial score (nSPS) is 16.2. The van der Waals surface area contributed by atoms with Gasteiger partial charge in [0.2, 0.25) is 11.8 Å². The molecule has 1 fully saturated rings. The highest BCUT2D eigenvalue weighted by Crippen LogP contribution is 2.48. The first-order valence-corrected chi connectivity index (χ1v) is 9.67. The van der Waals surface area contributed by atoms with Crippen molar-refractivity contribution in [1.29, 1.82) is 0 Å². The number of hydrogen-bond acceptors (Lipinski definition) is 4. The van der Waals surface area contributed by atoms with Crippen LogP contribution in [0.3, 0.4) is 0 Å². The van der Waals surface area contributed by atoms with Gasteiger partial charge in [0.1, 0.15) is 18.6 Å². The fourth-order valence-corrected chi connectivity index (χ4v) is 3.47. The van der Waals surface area contributed by atoms with E-state index < -0.39 is 5.41 Å². The van der Waals surface area contributed by atoms with E-state index in [1.807, 2.05) is 37.3 Å². The second kappa shape index (κ2) is 7.54. The number of carbonyl (C=O) groups is 2. The third kappa shape index (κ3) is 3.54. The molecule has 0 atom stereocenters. The molecule has 0 unspecified atom stereocenters. The maximum absolute atomic E-state index is 13.1. The first-order valence-electron chi connectivity index (χ1n) is 9.67. The van der Waals surface area contributed by atoms with Crippen LogP contribution >= 0.6 is 0 Å². The van der Waals surface area contributed by atoms with Crippen molar-refractivity contribution in [3.63, 3.8) is 0 Å². The fraction of sp³-hybridized carbons (Fsp3) is 0.364. The summed E-state index contributed by atoms with van der Waals surface area (Å²) in [4.78, 5) is 27.9. The third-order valence-corrected chi connectivity index (χ3v) is 5.28. The van der Waals surface area contributed by atoms with Gasteiger partial charge in [0, 0.05) is 24.8 Å². The summed E-state index contributed by atoms with van der Waals surface area (Å²) in [6, 6.07) is 15.1. The second-order valence-corrected chi connectivity index (χ2v) is 7.20. The van der Waals surface area contributed by atoms with Crippen LogP contribution in [0.25, 0.3) is 0 Å². The summed E-state index contributed by atoms with van der Waals surface area (Å²) in [6.07, 6.45) is 1.15. The van der Waals surface area contributed by atoms with Gasteiger partial charge in [0.05, 0.1) is 0 Å². The molecule has 1 saturated carbocycles. The van der Waals surface area contributed by atoms with Gasteiger partial charge in [-0.1, -0.05) is 30.3 Å². The highest BCUT2D eigenvalue weighted by molar-refractivity contribution is 6.13. The van der Waals surface area contributed by atoms with Crippen molar-refractivity contribution in [2.45, 2.75) is 26.3 Å². The lowest BCUT2D eigenvalue weighted by Crippen LogP contribution is -2.42. The van der Waals surface area contributed by atoms with Gasteiger partial charge in [-0.05, 0) is 37.5 Å². The SMILES string of the molecule is CCN(Cc1ccccc1)C(=O)C1(C(=O)Nc2ccc3c(c2)OCCO3)CC1. The molecule has 2 aromatic carbocycles. The predicted molar refractivity (Wildman–Crippen MR) is 105 cm³/mol. The molecule has 1 N–H and O–H groups in total. The quantitative estimate of drug-likeness (QED) is 0.782. The molecule has 2 amide bonds. The summed E-state index contributed by atoms with van der Waals surface area (Å²) in [5.41, 5.74) is 0.707. The van der Waals surface area contributed by atoms with Crippen molar-refractivity contribution >= 4 is 17.5 Å². The first-order chi connectivity index (χ1) is 13.6. The Balaban J connectivity index is 1.46. The molecule has 0 radical (unpaired) electrons. The van der Waals surface area contributed by atoms with Crippen LogP contribution in [0.15, 0.2) is 48.5 Å². The lowest BCUT2D eigenvalue weighted by Gasteiger charge is -2.26. The maximum Gasteiger partial charge on any atom is 0.240 e. The molecule has 6 heteroatoms. The average molecular weight is 380 g/mol. The average Bonchev–Trinajstić information content (AvgIpc) is 3.54. The summed E-state index contributed by atoms with van der Waals surface area (Å²) in [7, 11) is 0. The molecule has 0 aromatic heterocycles. The molecule has 1 aliphatic heterocycles. The number of hydrogen-bond donors (Lipinski definition) is 1. The van der Waals surface area contributed by atoms with E-state index in [0.29, 0.717) is 56.3 Å². The lowest BCUT2D eigenvalue weighted by molar-refractivity contribution is -0.142. The first kappa shape index (κ1) is 18.3. The van der Waals surface area contributed by atoms with Crippen molar-refractivity contribution in [1.82, 2.24) is 4.90 Å². The van der Waals surface area contributed by atoms with Crippen LogP contribution in [0.2, 0.25) is 0 Å². The monoisotopic (exact) mass is 380 g/mol. The maximum atomic E-state index is 13.1. The van der Waals surface area contributed by atoms with E-state index in [9.17, 15) is 9.59 Å². The van der Waals surface area contributed by atoms with Crippen molar-refractivity contribution in [3.8, 4) is 11.5 Å². The largest absolute Gasteiger partial charge is 0.486 e. The molecule has 2 aliphatic rings. The number of amides is 2. The Kier molecular flexibility index (Phi) is 4.94. The molecule has 1 heterocycles. The summed E-state index contributed by atoms with van der Waals surface area (Å²) in [6.45, 7) is 4.01. The van der Waals surface area contributed by atoms with Gasteiger partial charge in [0.25, 0.3) is 0 Å². The fourth-order valence-electron chi connectivity index (χ4n) is 3.47. The number of nitrogens with one attached hydrogen (secondary N) is 1. The van der Waals surface area contributed by atoms with E-state index in [2.05, 4.69) is 5.32 Å². The molecule has 4 rings (SSSR count). The molecular formula is C22H24N2O4. The zero-order valence-corrected chi connectivity index (χ0v) is 15.9. The van der Waals surface area contributed by atoms with Crippen molar-refractivity contribution in [3.05, 3.63) is 54.1 Å². The predicted octanol–water partition coefficient (Wildman–Crippen LogP) is 3.23. The van der Waals surface area contributed by atoms with Gasteiger partial charge in [-0.3, -0.25) is 9.59 Å². The summed E-state index contributed by atoms with van der Waals surface area (Å²) in [5, 5.41) is 2.90. The van der Waals surface area contributed by atoms with Crippen LogP contribution in [0.4, 0.5) is 5.69 Å². The van der Waals surface area contributed by atoms with E-state index in [1.165, 1.54) is 0 Å². The second-order valence-electron chi connectivity index (χ2n) is 7.20. The Labute approximate surface area is 164 Å². The molecule has 0 saturated heterocycles. The number of carbonyl (C=O) groups excluding carboxylic acids is 2. The van der Waals surface area contributed by atoms with Crippen LogP contribution in [0.5, 0.6) is 11.5 Å². The third-order valence-electron chi connectivity index (χ3n) is 5.28. The Hall–Kier alpha value is -3.02. The van der Waals surface area contributed by atoms with E-state index in [-0.39, 0.29) is 11.8 Å². The molecule has 0 spiro atoms. The standard InChI is InChI=1S/C22H24N2O4/c1-2-24(15-16-6-4-3-5-7-16)21(26)22(10-11-22)20(25)23-17-8-9-18-19(14-17)28-13-12-27-18/h3-9,14H,2,10-13,15H2,1H3,(H,23,25). The van der Waals surface area contributed by atoms with Crippen LogP contribution in [-0.4, -0.2) is 36.5 Å². The Morgan fingerprint density at radius 2 is 1.75 bits per heavy atom. The lowest BCUT2D eigenvalue weighted by atomic mass is 10.0. The van der Waals surface area contributed by atoms with Gasteiger partial charge >= 0.3 is 0 Å². The number of anilines is 1. The summed E-state index contributed by atoms with van der Waals surface area (Å²) < 4.78 is 11.1. The number of rotatable bonds is 6. The van der Waals surface area contributed by atoms with Crippen LogP contribution < -0.4 is 14.8 Å². The zero-order chi connectivity index (χ0) is 19.6. The molecule has 6 nitrogen and oxygen atoms in total. The number of ether oxygens (including phenoxy) is 2. The number of fused-ring (bicyclic) bond motifs is 1. The molecule has 28 heavy (non-hydrogen) atoms. The smallest absolute Gasteiger partial charge is 0.240 e. The molecule has 1 aliphatic carbocycles. The van der Waals surface area contributed by atoms with E-state index >= 15 is 0 Å². The molecular weight excluding hydrogens is 356 g/mol. The van der Waals surface area contributed by atoms with Gasteiger partial charge in [-0.2, -0.15) is 0 Å². The minimum atomic E-state index is -0.960. The van der Waals surface area contributed by atoms with Crippen LogP contribution in [0.1, 0.15) is 25.3 Å². The molecule has 2 aromatic rings. The molecule has 0 bridgehead atoms. The van der Waals surface area contributed by atoms with Crippen LogP contribution in [-0.2, 0) is 16.1 Å². The summed E-state index contributed by atoms with van der Waals surface area (Å²) >= 11 is 0. The van der Waals surface area contributed by atoms with Crippen molar-refractivity contribution in [2.75, 3.05) is 25.1 Å². The van der Waals surface area contributed by atoms with Gasteiger partial charge < -0.3 is 19.7 Å². The van der Waals surface area contributed by atoms with Gasteiger partial charge in [-0.25, -0.2) is 0 Å². The number of benzene rings is 2. The minimum absolute atomic E-state index is 0.103. The summed E-state index contributed by atoms with van der Waals surface area (Å²) in [5.74, 6) is 0.926. The highest BCUT2D eigenvalue weighted by atomic mass is 16.6. The Morgan fingerprint density at radius 3 is 2.43 bits per heavy atom. The topological polar surface area (TPSA) is 67.9 Å². The van der Waals surface area contributed by atoms with Crippen LogP contribution in [0, 0.1) is 5.41 Å². The Morgan fingerprint density at radius 1 is 1.04 bits per heavy atom. The highest BCUT2D eigenvalue weighted by Gasteiger charge is 2.57. The van der Waals surface area contributed by atoms with E-state index in [0.717, 1.165) is 5.56 Å². The zero-order valence-electron chi connectivity index (χ0n) is 15.9. The van der Waals surface area contributed by atoms with Crippen molar-refractivity contribution < 1.29 is 19.1 Å².